The SMILES string of the molecule is CCCC(N)C(=O)NC(C)C(=O)Nc1cccc(N2CCCC2)c1.Cl. The quantitative estimate of drug-likeness (QED) is 0.689. The molecule has 2 amide bonds. The van der Waals surface area contributed by atoms with Gasteiger partial charge in [0.05, 0.1) is 6.04 Å². The molecule has 1 heterocycles. The summed E-state index contributed by atoms with van der Waals surface area (Å²) < 4.78 is 0. The van der Waals surface area contributed by atoms with Crippen molar-refractivity contribution in [3.8, 4) is 0 Å². The lowest BCUT2D eigenvalue weighted by Crippen LogP contribution is -2.48. The summed E-state index contributed by atoms with van der Waals surface area (Å²) in [5.41, 5.74) is 7.63. The molecule has 1 aliphatic rings. The molecular weight excluding hydrogens is 340 g/mol. The molecule has 7 heteroatoms. The fraction of sp³-hybridized carbons (Fsp3) is 0.556. The topological polar surface area (TPSA) is 87.5 Å². The number of hydrogen-bond acceptors (Lipinski definition) is 4. The maximum atomic E-state index is 12.3. The van der Waals surface area contributed by atoms with Gasteiger partial charge < -0.3 is 21.3 Å². The predicted octanol–water partition coefficient (Wildman–Crippen LogP) is 2.28. The molecule has 25 heavy (non-hydrogen) atoms. The standard InChI is InChI=1S/C18H28N4O2.ClH/c1-3-7-16(19)18(24)20-13(2)17(23)21-14-8-6-9-15(12-14)22-10-4-5-11-22;/h6,8-9,12-13,16H,3-5,7,10-11,19H2,1-2H3,(H,20,24)(H,21,23);1H. The van der Waals surface area contributed by atoms with E-state index in [1.165, 1.54) is 12.8 Å². The van der Waals surface area contributed by atoms with E-state index in [1.54, 1.807) is 6.92 Å². The summed E-state index contributed by atoms with van der Waals surface area (Å²) in [4.78, 5) is 26.5. The minimum atomic E-state index is -0.629. The Morgan fingerprint density at radius 2 is 1.92 bits per heavy atom. The summed E-state index contributed by atoms with van der Waals surface area (Å²) >= 11 is 0. The van der Waals surface area contributed by atoms with Crippen molar-refractivity contribution in [2.24, 2.45) is 5.73 Å². The molecular formula is C18H29ClN4O2. The summed E-state index contributed by atoms with van der Waals surface area (Å²) in [6.07, 6.45) is 3.85. The first kappa shape index (κ1) is 21.3. The van der Waals surface area contributed by atoms with E-state index in [0.717, 1.165) is 30.9 Å². The van der Waals surface area contributed by atoms with E-state index in [4.69, 9.17) is 5.73 Å². The number of nitrogens with one attached hydrogen (secondary N) is 2. The number of carbonyl (C=O) groups excluding carboxylic acids is 2. The van der Waals surface area contributed by atoms with E-state index in [0.29, 0.717) is 6.42 Å². The minimum absolute atomic E-state index is 0. The number of benzene rings is 1. The van der Waals surface area contributed by atoms with Gasteiger partial charge >= 0.3 is 0 Å². The number of anilines is 2. The normalized spacial score (nSPS) is 15.9. The Hall–Kier alpha value is -1.79. The summed E-state index contributed by atoms with van der Waals surface area (Å²) in [6, 6.07) is 6.62. The average Bonchev–Trinajstić information content (AvgIpc) is 3.09. The predicted molar refractivity (Wildman–Crippen MR) is 104 cm³/mol. The second-order valence-electron chi connectivity index (χ2n) is 6.36. The molecule has 1 aromatic carbocycles. The Labute approximate surface area is 155 Å². The van der Waals surface area contributed by atoms with Gasteiger partial charge in [-0.25, -0.2) is 0 Å². The molecule has 0 saturated carbocycles. The number of rotatable bonds is 7. The van der Waals surface area contributed by atoms with Gasteiger partial charge in [0, 0.05) is 24.5 Å². The van der Waals surface area contributed by atoms with E-state index >= 15 is 0 Å². The molecule has 0 spiro atoms. The third-order valence-corrected chi connectivity index (χ3v) is 4.27. The van der Waals surface area contributed by atoms with E-state index in [9.17, 15) is 9.59 Å². The highest BCUT2D eigenvalue weighted by Gasteiger charge is 2.20. The minimum Gasteiger partial charge on any atom is -0.371 e. The first-order valence-electron chi connectivity index (χ1n) is 8.73. The van der Waals surface area contributed by atoms with Crippen LogP contribution >= 0.6 is 12.4 Å². The summed E-state index contributed by atoms with van der Waals surface area (Å²) in [5, 5.41) is 5.53. The lowest BCUT2D eigenvalue weighted by atomic mass is 10.1. The maximum absolute atomic E-state index is 12.3. The van der Waals surface area contributed by atoms with Crippen LogP contribution in [-0.4, -0.2) is 37.0 Å². The number of nitrogens with two attached hydrogens (primary N) is 1. The van der Waals surface area contributed by atoms with E-state index < -0.39 is 12.1 Å². The molecule has 1 fully saturated rings. The van der Waals surface area contributed by atoms with Crippen molar-refractivity contribution >= 4 is 35.6 Å². The van der Waals surface area contributed by atoms with Gasteiger partial charge in [-0.05, 0) is 44.4 Å². The summed E-state index contributed by atoms with van der Waals surface area (Å²) in [5.74, 6) is -0.532. The van der Waals surface area contributed by atoms with E-state index in [2.05, 4.69) is 21.6 Å². The molecule has 140 valence electrons. The maximum Gasteiger partial charge on any atom is 0.246 e. The molecule has 0 bridgehead atoms. The van der Waals surface area contributed by atoms with Crippen molar-refractivity contribution < 1.29 is 9.59 Å². The van der Waals surface area contributed by atoms with Crippen LogP contribution in [0.25, 0.3) is 0 Å². The molecule has 0 aliphatic carbocycles. The zero-order valence-electron chi connectivity index (χ0n) is 15.0. The lowest BCUT2D eigenvalue weighted by molar-refractivity contribution is -0.127. The zero-order chi connectivity index (χ0) is 17.5. The highest BCUT2D eigenvalue weighted by atomic mass is 35.5. The van der Waals surface area contributed by atoms with Gasteiger partial charge in [0.25, 0.3) is 0 Å². The first-order chi connectivity index (χ1) is 11.5. The molecule has 2 rings (SSSR count). The van der Waals surface area contributed by atoms with Crippen molar-refractivity contribution in [3.63, 3.8) is 0 Å². The van der Waals surface area contributed by atoms with Gasteiger partial charge in [-0.3, -0.25) is 9.59 Å². The van der Waals surface area contributed by atoms with Crippen LogP contribution in [0.5, 0.6) is 0 Å². The third kappa shape index (κ3) is 6.21. The summed E-state index contributed by atoms with van der Waals surface area (Å²) in [7, 11) is 0. The van der Waals surface area contributed by atoms with E-state index in [-0.39, 0.29) is 24.2 Å². The average molecular weight is 369 g/mol. The van der Waals surface area contributed by atoms with Crippen molar-refractivity contribution in [1.82, 2.24) is 5.32 Å². The van der Waals surface area contributed by atoms with Gasteiger partial charge in [-0.2, -0.15) is 0 Å². The Morgan fingerprint density at radius 1 is 1.24 bits per heavy atom. The molecule has 2 atom stereocenters. The lowest BCUT2D eigenvalue weighted by Gasteiger charge is -2.20. The second kappa shape index (κ2) is 10.3. The van der Waals surface area contributed by atoms with Crippen molar-refractivity contribution in [1.29, 1.82) is 0 Å². The molecule has 1 aliphatic heterocycles. The second-order valence-corrected chi connectivity index (χ2v) is 6.36. The third-order valence-electron chi connectivity index (χ3n) is 4.27. The monoisotopic (exact) mass is 368 g/mol. The van der Waals surface area contributed by atoms with Crippen molar-refractivity contribution in [2.45, 2.75) is 51.6 Å². The highest BCUT2D eigenvalue weighted by Crippen LogP contribution is 2.23. The number of carbonyl (C=O) groups is 2. The molecule has 6 nitrogen and oxygen atoms in total. The van der Waals surface area contributed by atoms with Crippen LogP contribution < -0.4 is 21.3 Å². The number of halogens is 1. The van der Waals surface area contributed by atoms with Gasteiger partial charge in [-0.15, -0.1) is 12.4 Å². The molecule has 0 radical (unpaired) electrons. The fourth-order valence-electron chi connectivity index (χ4n) is 2.83. The van der Waals surface area contributed by atoms with Crippen LogP contribution in [0.1, 0.15) is 39.5 Å². The Kier molecular flexibility index (Phi) is 8.72. The fourth-order valence-corrected chi connectivity index (χ4v) is 2.83. The van der Waals surface area contributed by atoms with Crippen molar-refractivity contribution in [2.75, 3.05) is 23.3 Å². The highest BCUT2D eigenvalue weighted by molar-refractivity contribution is 5.97. The van der Waals surface area contributed by atoms with Crippen LogP contribution in [0.2, 0.25) is 0 Å². The van der Waals surface area contributed by atoms with E-state index in [1.807, 2.05) is 25.1 Å². The molecule has 2 unspecified atom stereocenters. The number of nitrogens with zero attached hydrogens (tertiary/aromatic N) is 1. The largest absolute Gasteiger partial charge is 0.371 e. The van der Waals surface area contributed by atoms with Crippen LogP contribution in [0.4, 0.5) is 11.4 Å². The molecule has 1 saturated heterocycles. The van der Waals surface area contributed by atoms with Gasteiger partial charge in [0.15, 0.2) is 0 Å². The van der Waals surface area contributed by atoms with Crippen molar-refractivity contribution in [3.05, 3.63) is 24.3 Å². The number of hydrogen-bond donors (Lipinski definition) is 3. The Balaban J connectivity index is 0.00000312. The molecule has 4 N–H and O–H groups in total. The Morgan fingerprint density at radius 3 is 2.56 bits per heavy atom. The van der Waals surface area contributed by atoms with Crippen LogP contribution in [0.3, 0.4) is 0 Å². The van der Waals surface area contributed by atoms with Gasteiger partial charge in [-0.1, -0.05) is 19.4 Å². The molecule has 0 aromatic heterocycles. The smallest absolute Gasteiger partial charge is 0.246 e. The van der Waals surface area contributed by atoms with Crippen LogP contribution in [0.15, 0.2) is 24.3 Å². The Bertz CT molecular complexity index is 576. The first-order valence-corrected chi connectivity index (χ1v) is 8.73. The summed E-state index contributed by atoms with van der Waals surface area (Å²) in [6.45, 7) is 5.74. The molecule has 1 aromatic rings. The van der Waals surface area contributed by atoms with Crippen LogP contribution in [-0.2, 0) is 9.59 Å². The number of amides is 2. The van der Waals surface area contributed by atoms with Crippen LogP contribution in [0, 0.1) is 0 Å². The van der Waals surface area contributed by atoms with Gasteiger partial charge in [0.1, 0.15) is 6.04 Å². The zero-order valence-corrected chi connectivity index (χ0v) is 15.8. The van der Waals surface area contributed by atoms with Gasteiger partial charge in [0.2, 0.25) is 11.8 Å².